The normalized spacial score (nSPS) is 10.3. The number of aryl methyl sites for hydroxylation is 2. The van der Waals surface area contributed by atoms with Gasteiger partial charge >= 0.3 is 5.97 Å². The molecular weight excluding hydrogens is 713 g/mol. The van der Waals surface area contributed by atoms with Gasteiger partial charge in [-0.1, -0.05) is 24.3 Å². The van der Waals surface area contributed by atoms with Gasteiger partial charge in [0.2, 0.25) is 0 Å². The molecule has 268 valence electrons. The third-order valence-electron chi connectivity index (χ3n) is 7.17. The fraction of sp³-hybridized carbons (Fsp3) is 0.143. The summed E-state index contributed by atoms with van der Waals surface area (Å²) in [5.74, 6) is -1.64. The van der Waals surface area contributed by atoms with Crippen LogP contribution in [-0.4, -0.2) is 40.6 Å². The van der Waals surface area contributed by atoms with Gasteiger partial charge in [-0.05, 0) is 61.4 Å². The monoisotopic (exact) mass is 744 g/mol. The van der Waals surface area contributed by atoms with Gasteiger partial charge in [0, 0.05) is 52.7 Å². The maximum absolute atomic E-state index is 12.7. The largest absolute Gasteiger partial charge is 0.465 e. The summed E-state index contributed by atoms with van der Waals surface area (Å²) in [5, 5.41) is 30.6. The van der Waals surface area contributed by atoms with E-state index >= 15 is 0 Å². The van der Waals surface area contributed by atoms with Crippen LogP contribution in [0, 0.1) is 34.1 Å². The lowest BCUT2D eigenvalue weighted by Crippen LogP contribution is -2.24. The molecule has 0 bridgehead atoms. The lowest BCUT2D eigenvalue weighted by Gasteiger charge is -2.08. The van der Waals surface area contributed by atoms with E-state index in [4.69, 9.17) is 5.73 Å². The van der Waals surface area contributed by atoms with Crippen LogP contribution in [0.1, 0.15) is 62.3 Å². The molecule has 0 radical (unpaired) electrons. The maximum atomic E-state index is 12.7. The van der Waals surface area contributed by atoms with Crippen molar-refractivity contribution in [1.29, 1.82) is 0 Å². The van der Waals surface area contributed by atoms with Crippen molar-refractivity contribution < 1.29 is 33.8 Å². The molecule has 0 aliphatic carbocycles. The fourth-order valence-electron chi connectivity index (χ4n) is 4.65. The highest BCUT2D eigenvalue weighted by molar-refractivity contribution is 7.16. The zero-order valence-corrected chi connectivity index (χ0v) is 29.6. The minimum absolute atomic E-state index is 0.00245. The zero-order valence-electron chi connectivity index (χ0n) is 28.0. The van der Waals surface area contributed by atoms with Crippen LogP contribution in [0.15, 0.2) is 84.9 Å². The number of nitro groups is 2. The number of hydrogen-bond acceptors (Lipinski definition) is 12. The molecule has 15 nitrogen and oxygen atoms in total. The first-order valence-electron chi connectivity index (χ1n) is 15.2. The molecule has 5 N–H and O–H groups in total. The van der Waals surface area contributed by atoms with Crippen molar-refractivity contribution in [3.8, 4) is 0 Å². The van der Waals surface area contributed by atoms with Gasteiger partial charge in [-0.25, -0.2) is 4.79 Å². The van der Waals surface area contributed by atoms with E-state index in [0.717, 1.165) is 9.75 Å². The van der Waals surface area contributed by atoms with E-state index in [2.05, 4.69) is 20.7 Å². The highest BCUT2D eigenvalue weighted by atomic mass is 32.1. The number of hydrogen-bond donors (Lipinski definition) is 4. The van der Waals surface area contributed by atoms with Crippen molar-refractivity contribution in [2.24, 2.45) is 0 Å². The number of nitrogens with one attached hydrogen (secondary N) is 3. The number of nitro benzene ring substituents is 2. The molecule has 0 saturated carbocycles. The highest BCUT2D eigenvalue weighted by Crippen LogP contribution is 2.28. The molecule has 5 rings (SSSR count). The lowest BCUT2D eigenvalue weighted by molar-refractivity contribution is -0.385. The number of anilines is 2. The van der Waals surface area contributed by atoms with Crippen LogP contribution in [0.2, 0.25) is 0 Å². The summed E-state index contributed by atoms with van der Waals surface area (Å²) in [7, 11) is 1.27. The third kappa shape index (κ3) is 10.3. The Labute approximate surface area is 304 Å². The first kappa shape index (κ1) is 38.3. The molecule has 0 saturated heterocycles. The van der Waals surface area contributed by atoms with Crippen LogP contribution >= 0.6 is 22.7 Å². The van der Waals surface area contributed by atoms with Crippen molar-refractivity contribution >= 4 is 67.7 Å². The Balaban J connectivity index is 0.000000259. The summed E-state index contributed by atoms with van der Waals surface area (Å²) >= 11 is 2.60. The van der Waals surface area contributed by atoms with Crippen LogP contribution in [0.25, 0.3) is 0 Å². The molecule has 52 heavy (non-hydrogen) atoms. The summed E-state index contributed by atoms with van der Waals surface area (Å²) in [4.78, 5) is 71.2. The van der Waals surface area contributed by atoms with E-state index < -0.39 is 27.6 Å². The Kier molecular flexibility index (Phi) is 12.9. The fourth-order valence-corrected chi connectivity index (χ4v) is 6.34. The number of esters is 1. The van der Waals surface area contributed by atoms with Crippen LogP contribution in [-0.2, 0) is 17.8 Å². The van der Waals surface area contributed by atoms with Gasteiger partial charge < -0.3 is 26.4 Å². The second kappa shape index (κ2) is 17.5. The Morgan fingerprint density at radius 3 is 1.65 bits per heavy atom. The minimum atomic E-state index is -0.506. The van der Waals surface area contributed by atoms with Crippen LogP contribution in [0.4, 0.5) is 21.4 Å². The Hall–Kier alpha value is -6.46. The Morgan fingerprint density at radius 2 is 1.17 bits per heavy atom. The van der Waals surface area contributed by atoms with Gasteiger partial charge in [0.05, 0.1) is 38.6 Å². The Bertz CT molecular complexity index is 2140. The SMILES string of the molecule is COC(=O)c1ccc(C(=O)Nc2sc(C)cc2C(=O)NCc2cccc([N+](=O)[O-])c2)cc1.Cc1cc(C(=O)NCc2cccc([N+](=O)[O-])c2)c(N)s1. The molecule has 17 heteroatoms. The Morgan fingerprint density at radius 1 is 0.692 bits per heavy atom. The predicted octanol–water partition coefficient (Wildman–Crippen LogP) is 6.41. The smallest absolute Gasteiger partial charge is 0.337 e. The number of nitrogen functional groups attached to an aromatic ring is 1. The van der Waals surface area contributed by atoms with Crippen LogP contribution < -0.4 is 21.7 Å². The van der Waals surface area contributed by atoms with Gasteiger partial charge in [-0.3, -0.25) is 34.6 Å². The van der Waals surface area contributed by atoms with E-state index in [9.17, 15) is 39.4 Å². The van der Waals surface area contributed by atoms with Gasteiger partial charge in [-0.15, -0.1) is 22.7 Å². The maximum Gasteiger partial charge on any atom is 0.337 e. The quantitative estimate of drug-likeness (QED) is 0.0660. The molecule has 0 spiro atoms. The van der Waals surface area contributed by atoms with E-state index in [1.807, 2.05) is 13.8 Å². The molecule has 0 aliphatic rings. The molecular formula is C35H32N6O9S2. The van der Waals surface area contributed by atoms with E-state index in [1.54, 1.807) is 36.4 Å². The summed E-state index contributed by atoms with van der Waals surface area (Å²) in [6, 6.07) is 21.4. The number of amides is 3. The highest BCUT2D eigenvalue weighted by Gasteiger charge is 2.19. The van der Waals surface area contributed by atoms with Crippen LogP contribution in [0.3, 0.4) is 0 Å². The molecule has 0 unspecified atom stereocenters. The second-order valence-corrected chi connectivity index (χ2v) is 13.5. The van der Waals surface area contributed by atoms with Gasteiger partial charge in [0.25, 0.3) is 29.1 Å². The third-order valence-corrected chi connectivity index (χ3v) is 9.02. The van der Waals surface area contributed by atoms with Crippen molar-refractivity contribution in [3.05, 3.63) is 148 Å². The molecule has 0 atom stereocenters. The zero-order chi connectivity index (χ0) is 37.9. The number of methoxy groups -OCH3 is 1. The topological polar surface area (TPSA) is 226 Å². The number of non-ortho nitro benzene ring substituents is 2. The minimum Gasteiger partial charge on any atom is -0.465 e. The van der Waals surface area contributed by atoms with Crippen molar-refractivity contribution in [1.82, 2.24) is 10.6 Å². The number of rotatable bonds is 11. The van der Waals surface area contributed by atoms with Gasteiger partial charge in [0.1, 0.15) is 5.00 Å². The van der Waals surface area contributed by atoms with Crippen molar-refractivity contribution in [2.75, 3.05) is 18.2 Å². The number of thiophene rings is 2. The van der Waals surface area contributed by atoms with Gasteiger partial charge in [-0.2, -0.15) is 0 Å². The number of carbonyl (C=O) groups is 4. The van der Waals surface area contributed by atoms with Gasteiger partial charge in [0.15, 0.2) is 0 Å². The number of nitrogens with two attached hydrogens (primary N) is 1. The molecule has 3 aromatic carbocycles. The number of benzene rings is 3. The summed E-state index contributed by atoms with van der Waals surface area (Å²) in [6.07, 6.45) is 0. The molecule has 5 aromatic rings. The molecule has 2 heterocycles. The molecule has 3 amide bonds. The summed E-state index contributed by atoms with van der Waals surface area (Å²) < 4.78 is 4.63. The lowest BCUT2D eigenvalue weighted by atomic mass is 10.1. The van der Waals surface area contributed by atoms with E-state index in [0.29, 0.717) is 37.8 Å². The molecule has 0 fully saturated rings. The first-order chi connectivity index (χ1) is 24.7. The van der Waals surface area contributed by atoms with Crippen molar-refractivity contribution in [3.63, 3.8) is 0 Å². The average molecular weight is 745 g/mol. The number of ether oxygens (including phenoxy) is 1. The first-order valence-corrected chi connectivity index (χ1v) is 16.9. The molecule has 2 aromatic heterocycles. The van der Waals surface area contributed by atoms with Crippen molar-refractivity contribution in [2.45, 2.75) is 26.9 Å². The molecule has 0 aliphatic heterocycles. The standard InChI is InChI=1S/C22H19N3O6S.C13H13N3O3S/c1-13-10-18(20(27)23-12-14-4-3-5-17(11-14)25(29)30)21(32-13)24-19(26)15-6-8-16(9-7-15)22(28)31-2;1-8-5-11(12(14)20-8)13(17)15-7-9-3-2-4-10(6-9)16(18)19/h3-11H,12H2,1-2H3,(H,23,27)(H,24,26);2-6H,7,14H2,1H3,(H,15,17). The van der Waals surface area contributed by atoms with E-state index in [-0.39, 0.29) is 35.9 Å². The summed E-state index contributed by atoms with van der Waals surface area (Å²) in [5.41, 5.74) is 8.29. The van der Waals surface area contributed by atoms with E-state index in [1.165, 1.54) is 78.3 Å². The van der Waals surface area contributed by atoms with Crippen LogP contribution in [0.5, 0.6) is 0 Å². The number of nitrogens with zero attached hydrogens (tertiary/aromatic N) is 2. The second-order valence-electron chi connectivity index (χ2n) is 11.0. The predicted molar refractivity (Wildman–Crippen MR) is 197 cm³/mol. The average Bonchev–Trinajstić information content (AvgIpc) is 3.68. The number of carbonyl (C=O) groups excluding carboxylic acids is 4. The summed E-state index contributed by atoms with van der Waals surface area (Å²) in [6.45, 7) is 3.99.